The van der Waals surface area contributed by atoms with E-state index in [9.17, 15) is 81.4 Å². The van der Waals surface area contributed by atoms with Gasteiger partial charge < -0.3 is 119 Å². The van der Waals surface area contributed by atoms with Gasteiger partial charge in [-0.15, -0.1) is 0 Å². The molecule has 0 aliphatic carbocycles. The lowest BCUT2D eigenvalue weighted by molar-refractivity contribution is -0.362. The summed E-state index contributed by atoms with van der Waals surface area (Å²) in [6.07, 6.45) is -34.9. The molecular formula is C39H50O25. The van der Waals surface area contributed by atoms with Crippen LogP contribution in [0.5, 0.6) is 28.7 Å². The van der Waals surface area contributed by atoms with Crippen molar-refractivity contribution in [2.75, 3.05) is 13.2 Å². The van der Waals surface area contributed by atoms with Crippen LogP contribution in [0.25, 0.3) is 22.3 Å². The molecule has 0 radical (unpaired) electrons. The van der Waals surface area contributed by atoms with E-state index in [-0.39, 0.29) is 11.3 Å². The lowest BCUT2D eigenvalue weighted by atomic mass is 9.97. The smallest absolute Gasteiger partial charge is 0.239 e. The Balaban J connectivity index is 1.28. The zero-order valence-corrected chi connectivity index (χ0v) is 33.6. The number of rotatable bonds is 11. The number of hydrogen-bond acceptors (Lipinski definition) is 25. The molecule has 0 amide bonds. The SMILES string of the molecule is CC1OC(OCC2OC(Oc3c(-c4ccc(O)c(O)c4)oc4cc(OC5OC(C)C(O)C(O)C5O)cc(O)c4c3=O)C(OC3OC(CO)C(O)C(O)C3O)C(O)C2O)C(O)C(O)C1O. The van der Waals surface area contributed by atoms with E-state index in [4.69, 9.17) is 42.3 Å². The first-order chi connectivity index (χ1) is 30.2. The number of aliphatic hydroxyl groups excluding tert-OH is 12. The van der Waals surface area contributed by atoms with Gasteiger partial charge in [-0.2, -0.15) is 0 Å². The first-order valence-corrected chi connectivity index (χ1v) is 19.9. The van der Waals surface area contributed by atoms with Gasteiger partial charge in [-0.05, 0) is 32.0 Å². The summed E-state index contributed by atoms with van der Waals surface area (Å²) >= 11 is 0. The van der Waals surface area contributed by atoms with Gasteiger partial charge in [-0.25, -0.2) is 0 Å². The molecule has 15 N–H and O–H groups in total. The summed E-state index contributed by atoms with van der Waals surface area (Å²) in [5.74, 6) is -3.91. The molecule has 0 saturated carbocycles. The lowest BCUT2D eigenvalue weighted by Gasteiger charge is -2.46. The highest BCUT2D eigenvalue weighted by Gasteiger charge is 2.53. The van der Waals surface area contributed by atoms with E-state index in [2.05, 4.69) is 0 Å². The van der Waals surface area contributed by atoms with E-state index in [1.807, 2.05) is 0 Å². The summed E-state index contributed by atoms with van der Waals surface area (Å²) in [7, 11) is 0. The Morgan fingerprint density at radius 3 is 1.78 bits per heavy atom. The van der Waals surface area contributed by atoms with Gasteiger partial charge in [0.2, 0.25) is 23.8 Å². The molecule has 7 rings (SSSR count). The minimum atomic E-state index is -2.16. The van der Waals surface area contributed by atoms with E-state index in [1.165, 1.54) is 13.8 Å². The molecule has 25 nitrogen and oxygen atoms in total. The number of phenols is 3. The molecule has 25 heteroatoms. The lowest BCUT2D eigenvalue weighted by Crippen LogP contribution is -2.65. The molecule has 356 valence electrons. The van der Waals surface area contributed by atoms with Crippen LogP contribution in [-0.2, 0) is 28.4 Å². The van der Waals surface area contributed by atoms with Gasteiger partial charge in [-0.1, -0.05) is 0 Å². The number of hydrogen-bond donors (Lipinski definition) is 15. The maximum atomic E-state index is 14.5. The summed E-state index contributed by atoms with van der Waals surface area (Å²) < 4.78 is 51.5. The molecule has 4 fully saturated rings. The molecule has 1 aromatic heterocycles. The highest BCUT2D eigenvalue weighted by atomic mass is 16.8. The first kappa shape index (κ1) is 47.9. The summed E-state index contributed by atoms with van der Waals surface area (Å²) in [4.78, 5) is 14.5. The maximum absolute atomic E-state index is 14.5. The standard InChI is InChI=1S/C39H50O25/c1-10-21(44)26(49)30(53)36(57-10)56-9-19-24(47)29(52)35(64-38-32(55)28(51)23(46)18(8-40)61-38)39(62-19)63-34-25(48)20-16(43)6-13(59-37-31(54)27(50)22(45)11(2)58-37)7-17(20)60-33(34)12-3-4-14(41)15(42)5-12/h3-7,10-11,18-19,21-24,26-32,35-47,49-55H,8-9H2,1-2H3. The van der Waals surface area contributed by atoms with Crippen LogP contribution in [0.15, 0.2) is 39.5 Å². The van der Waals surface area contributed by atoms with Gasteiger partial charge in [0.1, 0.15) is 102 Å². The van der Waals surface area contributed by atoms with E-state index in [0.717, 1.165) is 30.3 Å². The largest absolute Gasteiger partial charge is 0.507 e. The van der Waals surface area contributed by atoms with Gasteiger partial charge >= 0.3 is 0 Å². The summed E-state index contributed by atoms with van der Waals surface area (Å²) in [6.45, 7) is 1.10. The molecule has 64 heavy (non-hydrogen) atoms. The highest BCUT2D eigenvalue weighted by molar-refractivity contribution is 5.88. The Morgan fingerprint density at radius 2 is 1.14 bits per heavy atom. The molecule has 3 aromatic rings. The highest BCUT2D eigenvalue weighted by Crippen LogP contribution is 2.41. The number of phenolic OH excluding ortho intramolecular Hbond substituents is 3. The molecule has 20 unspecified atom stereocenters. The normalized spacial score (nSPS) is 40.6. The molecule has 4 aliphatic heterocycles. The van der Waals surface area contributed by atoms with Crippen molar-refractivity contribution in [1.29, 1.82) is 0 Å². The number of benzene rings is 2. The second-order valence-corrected chi connectivity index (χ2v) is 15.9. The Morgan fingerprint density at radius 1 is 0.562 bits per heavy atom. The van der Waals surface area contributed by atoms with E-state index < -0.39 is 181 Å². The van der Waals surface area contributed by atoms with Crippen molar-refractivity contribution in [2.24, 2.45) is 0 Å². The van der Waals surface area contributed by atoms with Gasteiger partial charge in [0, 0.05) is 17.7 Å². The van der Waals surface area contributed by atoms with E-state index >= 15 is 0 Å². The van der Waals surface area contributed by atoms with Crippen LogP contribution in [0, 0.1) is 0 Å². The van der Waals surface area contributed by atoms with E-state index in [0.29, 0.717) is 0 Å². The van der Waals surface area contributed by atoms with Gasteiger partial charge in [0.15, 0.2) is 35.9 Å². The minimum Gasteiger partial charge on any atom is -0.507 e. The van der Waals surface area contributed by atoms with Gasteiger partial charge in [0.05, 0.1) is 25.4 Å². The van der Waals surface area contributed by atoms with Crippen molar-refractivity contribution in [3.05, 3.63) is 40.6 Å². The zero-order valence-electron chi connectivity index (χ0n) is 33.6. The predicted octanol–water partition coefficient (Wildman–Crippen LogP) is -5.36. The van der Waals surface area contributed by atoms with Crippen molar-refractivity contribution in [1.82, 2.24) is 0 Å². The molecule has 0 bridgehead atoms. The second-order valence-electron chi connectivity index (χ2n) is 15.9. The van der Waals surface area contributed by atoms with Crippen molar-refractivity contribution in [3.63, 3.8) is 0 Å². The molecule has 20 atom stereocenters. The Kier molecular flexibility index (Phi) is 14.2. The monoisotopic (exact) mass is 918 g/mol. The zero-order chi connectivity index (χ0) is 46.6. The van der Waals surface area contributed by atoms with Crippen LogP contribution < -0.4 is 14.9 Å². The second kappa shape index (κ2) is 19.0. The topological polar surface area (TPSA) is 408 Å². The first-order valence-electron chi connectivity index (χ1n) is 19.9. The fourth-order valence-corrected chi connectivity index (χ4v) is 7.61. The van der Waals surface area contributed by atoms with Crippen LogP contribution in [0.3, 0.4) is 0 Å². The van der Waals surface area contributed by atoms with Gasteiger partial charge in [-0.3, -0.25) is 4.79 Å². The summed E-state index contributed by atoms with van der Waals surface area (Å²) in [5, 5.41) is 157. The third-order valence-corrected chi connectivity index (χ3v) is 11.5. The summed E-state index contributed by atoms with van der Waals surface area (Å²) in [6, 6.07) is 5.07. The molecule has 4 saturated heterocycles. The quantitative estimate of drug-likeness (QED) is 0.0798. The van der Waals surface area contributed by atoms with Crippen LogP contribution in [0.4, 0.5) is 0 Å². The molecular weight excluding hydrogens is 868 g/mol. The molecule has 4 aliphatic rings. The average Bonchev–Trinajstić information content (AvgIpc) is 3.26. The van der Waals surface area contributed by atoms with Crippen LogP contribution in [0.1, 0.15) is 13.8 Å². The van der Waals surface area contributed by atoms with E-state index in [1.54, 1.807) is 0 Å². The van der Waals surface area contributed by atoms with Crippen molar-refractivity contribution < 1.29 is 119 Å². The minimum absolute atomic E-state index is 0.187. The Labute approximate surface area is 360 Å². The third-order valence-electron chi connectivity index (χ3n) is 11.5. The van der Waals surface area contributed by atoms with Crippen LogP contribution >= 0.6 is 0 Å². The Bertz CT molecular complexity index is 2150. The number of aliphatic hydroxyl groups is 12. The number of fused-ring (bicyclic) bond motifs is 1. The maximum Gasteiger partial charge on any atom is 0.239 e. The van der Waals surface area contributed by atoms with Crippen molar-refractivity contribution in [3.8, 4) is 40.1 Å². The fraction of sp³-hybridized carbons (Fsp3) is 0.615. The molecule has 0 spiro atoms. The number of ether oxygens (including phenoxy) is 8. The average molecular weight is 919 g/mol. The third kappa shape index (κ3) is 9.06. The van der Waals surface area contributed by atoms with Crippen molar-refractivity contribution >= 4 is 11.0 Å². The molecule has 5 heterocycles. The molecule has 2 aromatic carbocycles. The predicted molar refractivity (Wildman–Crippen MR) is 204 cm³/mol. The number of aromatic hydroxyl groups is 3. The van der Waals surface area contributed by atoms with Crippen LogP contribution in [-0.4, -0.2) is 213 Å². The summed E-state index contributed by atoms with van der Waals surface area (Å²) in [5.41, 5.74) is -1.83. The van der Waals surface area contributed by atoms with Crippen LogP contribution in [0.2, 0.25) is 0 Å². The van der Waals surface area contributed by atoms with Crippen molar-refractivity contribution in [2.45, 2.75) is 137 Å². The Hall–Kier alpha value is -4.07. The van der Waals surface area contributed by atoms with Gasteiger partial charge in [0.25, 0.3) is 0 Å². The fourth-order valence-electron chi connectivity index (χ4n) is 7.61.